The van der Waals surface area contributed by atoms with Crippen molar-refractivity contribution < 1.29 is 28.7 Å². The van der Waals surface area contributed by atoms with Crippen LogP contribution in [0.25, 0.3) is 0 Å². The van der Waals surface area contributed by atoms with Crippen molar-refractivity contribution in [1.29, 1.82) is 0 Å². The van der Waals surface area contributed by atoms with Crippen molar-refractivity contribution in [2.45, 2.75) is 38.8 Å². The first-order valence-electron chi connectivity index (χ1n) is 10.5. The van der Waals surface area contributed by atoms with E-state index in [4.69, 9.17) is 4.74 Å². The van der Waals surface area contributed by atoms with Crippen LogP contribution in [0.3, 0.4) is 0 Å². The molecule has 2 aliphatic heterocycles. The lowest BCUT2D eigenvalue weighted by Gasteiger charge is -2.38. The summed E-state index contributed by atoms with van der Waals surface area (Å²) >= 11 is 0. The second-order valence-electron chi connectivity index (χ2n) is 7.98. The van der Waals surface area contributed by atoms with Crippen molar-refractivity contribution in [3.05, 3.63) is 58.8 Å². The third-order valence-electron chi connectivity index (χ3n) is 5.77. The summed E-state index contributed by atoms with van der Waals surface area (Å²) in [4.78, 5) is 67.4. The van der Waals surface area contributed by atoms with E-state index in [0.717, 1.165) is 4.90 Å². The molecule has 1 fully saturated rings. The fourth-order valence-corrected chi connectivity index (χ4v) is 3.89. The maximum atomic E-state index is 13.1. The summed E-state index contributed by atoms with van der Waals surface area (Å²) < 4.78 is 5.25. The van der Waals surface area contributed by atoms with Gasteiger partial charge in [0.1, 0.15) is 5.54 Å². The summed E-state index contributed by atoms with van der Waals surface area (Å²) in [6, 6.07) is 7.86. The van der Waals surface area contributed by atoms with E-state index in [9.17, 15) is 24.0 Å². The minimum atomic E-state index is -1.45. The number of nitrogens with one attached hydrogen (secondary N) is 2. The van der Waals surface area contributed by atoms with Gasteiger partial charge < -0.3 is 10.1 Å². The molecule has 1 unspecified atom stereocenters. The number of nitrogens with zero attached hydrogens (tertiary/aromatic N) is 2. The number of pyridine rings is 1. The number of rotatable bonds is 6. The normalized spacial score (nSPS) is 19.9. The van der Waals surface area contributed by atoms with Gasteiger partial charge in [0.2, 0.25) is 11.8 Å². The van der Waals surface area contributed by atoms with Crippen LogP contribution in [0.2, 0.25) is 0 Å². The largest absolute Gasteiger partial charge is 0.478 e. The van der Waals surface area contributed by atoms with Gasteiger partial charge in [0.15, 0.2) is 0 Å². The number of carbonyl (C=O) groups excluding carboxylic acids is 5. The number of carbonyl (C=O) groups is 5. The fraction of sp³-hybridized carbons (Fsp3) is 0.304. The lowest BCUT2D eigenvalue weighted by atomic mass is 9.89. The number of benzene rings is 1. The molecule has 3 heterocycles. The highest BCUT2D eigenvalue weighted by atomic mass is 16.5. The Morgan fingerprint density at radius 3 is 2.58 bits per heavy atom. The van der Waals surface area contributed by atoms with Crippen LogP contribution in [0.4, 0.5) is 0 Å². The Balaban J connectivity index is 1.48. The lowest BCUT2D eigenvalue weighted by Crippen LogP contribution is -2.62. The van der Waals surface area contributed by atoms with Gasteiger partial charge in [0, 0.05) is 25.2 Å². The standard InChI is InChI=1S/C23H22N4O6/c1-3-33-18-7-5-14(12-24-18)19(29)25-11-13-4-6-15-16(10-13)21(31)27(20(15)30)23(2)9-8-17(28)26-22(23)32/h4-7,10,12H,3,8-9,11H2,1-2H3,(H,25,29)(H,26,28,32). The quantitative estimate of drug-likeness (QED) is 0.632. The molecule has 2 N–H and O–H groups in total. The van der Waals surface area contributed by atoms with Crippen LogP contribution in [-0.4, -0.2) is 51.6 Å². The second-order valence-corrected chi connectivity index (χ2v) is 7.98. The Hall–Kier alpha value is -4.08. The van der Waals surface area contributed by atoms with Gasteiger partial charge in [-0.1, -0.05) is 6.07 Å². The number of fused-ring (bicyclic) bond motifs is 1. The highest BCUT2D eigenvalue weighted by Gasteiger charge is 2.52. The van der Waals surface area contributed by atoms with Gasteiger partial charge >= 0.3 is 0 Å². The Kier molecular flexibility index (Phi) is 5.67. The van der Waals surface area contributed by atoms with Crippen molar-refractivity contribution in [3.8, 4) is 5.88 Å². The summed E-state index contributed by atoms with van der Waals surface area (Å²) in [5, 5.41) is 4.95. The molecule has 0 saturated carbocycles. The zero-order valence-corrected chi connectivity index (χ0v) is 18.1. The van der Waals surface area contributed by atoms with E-state index in [1.807, 2.05) is 6.92 Å². The molecule has 33 heavy (non-hydrogen) atoms. The fourth-order valence-electron chi connectivity index (χ4n) is 3.89. The number of amides is 5. The predicted molar refractivity (Wildman–Crippen MR) is 114 cm³/mol. The van der Waals surface area contributed by atoms with Crippen molar-refractivity contribution in [2.24, 2.45) is 0 Å². The molecular formula is C23H22N4O6. The maximum absolute atomic E-state index is 13.1. The summed E-state index contributed by atoms with van der Waals surface area (Å²) in [6.45, 7) is 3.90. The lowest BCUT2D eigenvalue weighted by molar-refractivity contribution is -0.140. The second kappa shape index (κ2) is 8.45. The summed E-state index contributed by atoms with van der Waals surface area (Å²) in [5.41, 5.74) is -0.159. The van der Waals surface area contributed by atoms with Crippen LogP contribution in [0.15, 0.2) is 36.5 Å². The van der Waals surface area contributed by atoms with E-state index in [1.165, 1.54) is 25.3 Å². The molecule has 1 aromatic carbocycles. The highest BCUT2D eigenvalue weighted by Crippen LogP contribution is 2.34. The van der Waals surface area contributed by atoms with Crippen molar-refractivity contribution in [2.75, 3.05) is 6.61 Å². The van der Waals surface area contributed by atoms with Crippen LogP contribution >= 0.6 is 0 Å². The summed E-state index contributed by atoms with van der Waals surface area (Å²) in [6.07, 6.45) is 1.50. The third-order valence-corrected chi connectivity index (χ3v) is 5.77. The van der Waals surface area contributed by atoms with Crippen molar-refractivity contribution in [3.63, 3.8) is 0 Å². The molecule has 1 saturated heterocycles. The average molecular weight is 450 g/mol. The number of piperidine rings is 1. The molecule has 4 rings (SSSR count). The molecule has 5 amide bonds. The molecule has 170 valence electrons. The molecule has 1 atom stereocenters. The van der Waals surface area contributed by atoms with Gasteiger partial charge in [0.05, 0.1) is 23.3 Å². The summed E-state index contributed by atoms with van der Waals surface area (Å²) in [7, 11) is 0. The number of imide groups is 2. The van der Waals surface area contributed by atoms with Gasteiger partial charge in [-0.05, 0) is 44.0 Å². The van der Waals surface area contributed by atoms with E-state index in [1.54, 1.807) is 18.2 Å². The molecule has 0 bridgehead atoms. The van der Waals surface area contributed by atoms with Crippen LogP contribution in [0, 0.1) is 0 Å². The first-order valence-corrected chi connectivity index (χ1v) is 10.5. The van der Waals surface area contributed by atoms with Crippen molar-refractivity contribution >= 4 is 29.5 Å². The zero-order chi connectivity index (χ0) is 23.8. The van der Waals surface area contributed by atoms with Crippen LogP contribution in [0.1, 0.15) is 63.3 Å². The highest BCUT2D eigenvalue weighted by molar-refractivity contribution is 6.24. The average Bonchev–Trinajstić information content (AvgIpc) is 3.05. The first kappa shape index (κ1) is 22.1. The Morgan fingerprint density at radius 1 is 1.15 bits per heavy atom. The third kappa shape index (κ3) is 3.95. The minimum Gasteiger partial charge on any atom is -0.478 e. The summed E-state index contributed by atoms with van der Waals surface area (Å²) in [5.74, 6) is -2.24. The maximum Gasteiger partial charge on any atom is 0.262 e. The smallest absolute Gasteiger partial charge is 0.262 e. The van der Waals surface area contributed by atoms with Crippen LogP contribution < -0.4 is 15.4 Å². The number of hydrogen-bond donors (Lipinski definition) is 2. The Morgan fingerprint density at radius 2 is 1.91 bits per heavy atom. The van der Waals surface area contributed by atoms with Gasteiger partial charge in [-0.25, -0.2) is 4.98 Å². The SMILES string of the molecule is CCOc1ccc(C(=O)NCc2ccc3c(c2)C(=O)N(C2(C)CCC(=O)NC2=O)C3=O)cn1. The first-order chi connectivity index (χ1) is 15.7. The molecule has 2 aromatic rings. The molecule has 0 radical (unpaired) electrons. The van der Waals surface area contributed by atoms with E-state index in [2.05, 4.69) is 15.6 Å². The van der Waals surface area contributed by atoms with Crippen molar-refractivity contribution in [1.82, 2.24) is 20.5 Å². The van der Waals surface area contributed by atoms with Crippen LogP contribution in [-0.2, 0) is 16.1 Å². The van der Waals surface area contributed by atoms with E-state index < -0.39 is 29.2 Å². The monoisotopic (exact) mass is 450 g/mol. The molecule has 0 spiro atoms. The molecule has 10 nitrogen and oxygen atoms in total. The van der Waals surface area contributed by atoms with Gasteiger partial charge in [-0.2, -0.15) is 0 Å². The van der Waals surface area contributed by atoms with E-state index in [-0.39, 0.29) is 36.4 Å². The van der Waals surface area contributed by atoms with E-state index >= 15 is 0 Å². The van der Waals surface area contributed by atoms with Crippen LogP contribution in [0.5, 0.6) is 5.88 Å². The molecular weight excluding hydrogens is 428 g/mol. The molecule has 1 aromatic heterocycles. The number of aromatic nitrogens is 1. The molecule has 10 heteroatoms. The Bertz CT molecular complexity index is 1180. The molecule has 0 aliphatic carbocycles. The number of hydrogen-bond acceptors (Lipinski definition) is 7. The van der Waals surface area contributed by atoms with Gasteiger partial charge in [-0.3, -0.25) is 34.2 Å². The van der Waals surface area contributed by atoms with Gasteiger partial charge in [-0.15, -0.1) is 0 Å². The van der Waals surface area contributed by atoms with E-state index in [0.29, 0.717) is 23.6 Å². The zero-order valence-electron chi connectivity index (χ0n) is 18.1. The minimum absolute atomic E-state index is 0.0351. The number of ether oxygens (including phenoxy) is 1. The molecule has 2 aliphatic rings. The predicted octanol–water partition coefficient (Wildman–Crippen LogP) is 1.20. The van der Waals surface area contributed by atoms with Gasteiger partial charge in [0.25, 0.3) is 23.6 Å². The topological polar surface area (TPSA) is 135 Å². The Labute approximate surface area is 189 Å².